The van der Waals surface area contributed by atoms with Gasteiger partial charge in [0.2, 0.25) is 0 Å². The van der Waals surface area contributed by atoms with Crippen LogP contribution in [0.2, 0.25) is 0 Å². The average Bonchev–Trinajstić information content (AvgIpc) is 2.80. The zero-order chi connectivity index (χ0) is 25.1. The van der Waals surface area contributed by atoms with Crippen molar-refractivity contribution in [3.05, 3.63) is 70.9 Å². The number of hydrogen-bond donors (Lipinski definition) is 2. The molecule has 0 aromatic heterocycles. The lowest BCUT2D eigenvalue weighted by Crippen LogP contribution is -2.32. The molecule has 34 heavy (non-hydrogen) atoms. The average molecular weight is 471 g/mol. The van der Waals surface area contributed by atoms with Gasteiger partial charge in [0.05, 0.1) is 14.2 Å². The maximum Gasteiger partial charge on any atom is 0.412 e. The Hall–Kier alpha value is -4.01. The summed E-state index contributed by atoms with van der Waals surface area (Å²) in [7, 11) is 2.71. The summed E-state index contributed by atoms with van der Waals surface area (Å²) in [4.78, 5) is 36.5. The minimum absolute atomic E-state index is 0.0458. The van der Waals surface area contributed by atoms with E-state index in [-0.39, 0.29) is 18.8 Å². The Morgan fingerprint density at radius 2 is 1.68 bits per heavy atom. The molecule has 2 N–H and O–H groups in total. The van der Waals surface area contributed by atoms with Crippen LogP contribution in [0.3, 0.4) is 0 Å². The fraction of sp³-hybridized carbons (Fsp3) is 0.320. The minimum atomic E-state index is -0.805. The van der Waals surface area contributed by atoms with Gasteiger partial charge in [-0.05, 0) is 50.1 Å². The van der Waals surface area contributed by atoms with Gasteiger partial charge in [0.25, 0.3) is 0 Å². The zero-order valence-electron chi connectivity index (χ0n) is 20.0. The SMILES string of the molecule is COC(=O)C(=Cc1ccc(OC)c(CNC(=O)OC(C)(C)C)c1)NC(=O)OCc1ccccc1. The highest BCUT2D eigenvalue weighted by Gasteiger charge is 2.17. The summed E-state index contributed by atoms with van der Waals surface area (Å²) < 4.78 is 20.5. The summed E-state index contributed by atoms with van der Waals surface area (Å²) >= 11 is 0. The summed E-state index contributed by atoms with van der Waals surface area (Å²) in [6.07, 6.45) is 0.0564. The first-order valence-corrected chi connectivity index (χ1v) is 10.5. The number of benzene rings is 2. The predicted octanol–water partition coefficient (Wildman–Crippen LogP) is 4.16. The van der Waals surface area contributed by atoms with Crippen LogP contribution in [0.25, 0.3) is 6.08 Å². The fourth-order valence-corrected chi connectivity index (χ4v) is 2.80. The lowest BCUT2D eigenvalue weighted by atomic mass is 10.1. The van der Waals surface area contributed by atoms with E-state index in [2.05, 4.69) is 10.6 Å². The van der Waals surface area contributed by atoms with Crippen LogP contribution in [-0.4, -0.2) is 38.0 Å². The summed E-state index contributed by atoms with van der Waals surface area (Å²) in [5.41, 5.74) is 1.26. The molecule has 9 heteroatoms. The first-order chi connectivity index (χ1) is 16.1. The number of esters is 1. The number of ether oxygens (including phenoxy) is 4. The first kappa shape index (κ1) is 26.2. The first-order valence-electron chi connectivity index (χ1n) is 10.5. The van der Waals surface area contributed by atoms with Crippen molar-refractivity contribution >= 4 is 24.2 Å². The van der Waals surface area contributed by atoms with E-state index in [4.69, 9.17) is 18.9 Å². The second kappa shape index (κ2) is 12.3. The Balaban J connectivity index is 2.15. The molecule has 0 aliphatic carbocycles. The number of amides is 2. The highest BCUT2D eigenvalue weighted by atomic mass is 16.6. The van der Waals surface area contributed by atoms with Crippen LogP contribution < -0.4 is 15.4 Å². The van der Waals surface area contributed by atoms with E-state index in [0.29, 0.717) is 16.9 Å². The smallest absolute Gasteiger partial charge is 0.412 e. The van der Waals surface area contributed by atoms with Crippen LogP contribution in [0.1, 0.15) is 37.5 Å². The molecule has 2 amide bonds. The number of methoxy groups -OCH3 is 2. The molecule has 2 rings (SSSR count). The molecule has 0 radical (unpaired) electrons. The lowest BCUT2D eigenvalue weighted by Gasteiger charge is -2.20. The summed E-state index contributed by atoms with van der Waals surface area (Å²) in [6.45, 7) is 5.48. The fourth-order valence-electron chi connectivity index (χ4n) is 2.80. The summed E-state index contributed by atoms with van der Waals surface area (Å²) in [5.74, 6) is -0.219. The van der Waals surface area contributed by atoms with Crippen molar-refractivity contribution in [3.63, 3.8) is 0 Å². The van der Waals surface area contributed by atoms with Crippen LogP contribution in [0.5, 0.6) is 5.75 Å². The van der Waals surface area contributed by atoms with Crippen molar-refractivity contribution in [1.29, 1.82) is 0 Å². The van der Waals surface area contributed by atoms with Crippen molar-refractivity contribution in [2.75, 3.05) is 14.2 Å². The molecular formula is C25H30N2O7. The maximum atomic E-state index is 12.2. The molecule has 0 bridgehead atoms. The topological polar surface area (TPSA) is 112 Å². The number of alkyl carbamates (subject to hydrolysis) is 2. The van der Waals surface area contributed by atoms with E-state index >= 15 is 0 Å². The molecule has 0 fully saturated rings. The Bertz CT molecular complexity index is 1030. The third-order valence-corrected chi connectivity index (χ3v) is 4.29. The Morgan fingerprint density at radius 3 is 2.29 bits per heavy atom. The van der Waals surface area contributed by atoms with E-state index in [1.165, 1.54) is 20.3 Å². The standard InChI is InChI=1S/C25H30N2O7/c1-25(2,3)34-23(29)26-15-19-13-18(11-12-21(19)31-4)14-20(22(28)32-5)27-24(30)33-16-17-9-7-6-8-10-17/h6-14H,15-16H2,1-5H3,(H,26,29)(H,27,30). The Kier molecular flexibility index (Phi) is 9.49. The predicted molar refractivity (Wildman–Crippen MR) is 126 cm³/mol. The van der Waals surface area contributed by atoms with Crippen molar-refractivity contribution in [3.8, 4) is 5.75 Å². The second-order valence-electron chi connectivity index (χ2n) is 8.16. The normalized spacial score (nSPS) is 11.3. The molecule has 0 atom stereocenters. The van der Waals surface area contributed by atoms with Crippen LogP contribution in [-0.2, 0) is 32.2 Å². The van der Waals surface area contributed by atoms with Crippen LogP contribution in [0, 0.1) is 0 Å². The van der Waals surface area contributed by atoms with Gasteiger partial charge in [-0.3, -0.25) is 5.32 Å². The molecular weight excluding hydrogens is 440 g/mol. The molecule has 0 unspecified atom stereocenters. The van der Waals surface area contributed by atoms with Gasteiger partial charge in [0.1, 0.15) is 23.7 Å². The van der Waals surface area contributed by atoms with Crippen molar-refractivity contribution in [1.82, 2.24) is 10.6 Å². The highest BCUT2D eigenvalue weighted by molar-refractivity contribution is 5.96. The van der Waals surface area contributed by atoms with Gasteiger partial charge in [-0.15, -0.1) is 0 Å². The third-order valence-electron chi connectivity index (χ3n) is 4.29. The van der Waals surface area contributed by atoms with E-state index in [9.17, 15) is 14.4 Å². The zero-order valence-corrected chi connectivity index (χ0v) is 20.0. The number of rotatable bonds is 8. The van der Waals surface area contributed by atoms with Gasteiger partial charge in [0.15, 0.2) is 0 Å². The number of nitrogens with one attached hydrogen (secondary N) is 2. The van der Waals surface area contributed by atoms with E-state index < -0.39 is 23.8 Å². The minimum Gasteiger partial charge on any atom is -0.496 e. The Morgan fingerprint density at radius 1 is 0.971 bits per heavy atom. The number of carbonyl (C=O) groups is 3. The molecule has 0 spiro atoms. The van der Waals surface area contributed by atoms with Gasteiger partial charge in [-0.2, -0.15) is 0 Å². The molecule has 0 aliphatic rings. The van der Waals surface area contributed by atoms with Gasteiger partial charge < -0.3 is 24.3 Å². The van der Waals surface area contributed by atoms with Crippen LogP contribution >= 0.6 is 0 Å². The molecule has 0 heterocycles. The van der Waals surface area contributed by atoms with Gasteiger partial charge in [-0.1, -0.05) is 36.4 Å². The van der Waals surface area contributed by atoms with Gasteiger partial charge in [-0.25, -0.2) is 14.4 Å². The largest absolute Gasteiger partial charge is 0.496 e. The summed E-state index contributed by atoms with van der Waals surface area (Å²) in [6, 6.07) is 14.2. The molecule has 2 aromatic rings. The van der Waals surface area contributed by atoms with Crippen molar-refractivity contribution < 1.29 is 33.3 Å². The van der Waals surface area contributed by atoms with Crippen molar-refractivity contribution in [2.45, 2.75) is 39.5 Å². The Labute approximate surface area is 199 Å². The van der Waals surface area contributed by atoms with E-state index in [1.54, 1.807) is 39.0 Å². The monoisotopic (exact) mass is 470 g/mol. The maximum absolute atomic E-state index is 12.2. The van der Waals surface area contributed by atoms with E-state index in [0.717, 1.165) is 5.56 Å². The number of carbonyl (C=O) groups excluding carboxylic acids is 3. The van der Waals surface area contributed by atoms with E-state index in [1.807, 2.05) is 30.3 Å². The molecule has 182 valence electrons. The highest BCUT2D eigenvalue weighted by Crippen LogP contribution is 2.21. The van der Waals surface area contributed by atoms with Gasteiger partial charge in [0, 0.05) is 12.1 Å². The van der Waals surface area contributed by atoms with Crippen molar-refractivity contribution in [2.24, 2.45) is 0 Å². The molecule has 2 aromatic carbocycles. The molecule has 0 saturated carbocycles. The molecule has 9 nitrogen and oxygen atoms in total. The molecule has 0 saturated heterocycles. The number of hydrogen-bond acceptors (Lipinski definition) is 7. The van der Waals surface area contributed by atoms with Crippen LogP contribution in [0.4, 0.5) is 9.59 Å². The molecule has 0 aliphatic heterocycles. The third kappa shape index (κ3) is 8.85. The lowest BCUT2D eigenvalue weighted by molar-refractivity contribution is -0.136. The second-order valence-corrected chi connectivity index (χ2v) is 8.16. The van der Waals surface area contributed by atoms with Gasteiger partial charge >= 0.3 is 18.2 Å². The van der Waals surface area contributed by atoms with Crippen LogP contribution in [0.15, 0.2) is 54.2 Å². The summed E-state index contributed by atoms with van der Waals surface area (Å²) in [5, 5.41) is 5.08. The quantitative estimate of drug-likeness (QED) is 0.338.